The summed E-state index contributed by atoms with van der Waals surface area (Å²) < 4.78 is 5.42. The van der Waals surface area contributed by atoms with E-state index in [0.29, 0.717) is 5.56 Å². The number of carbonyl (C=O) groups excluding carboxylic acids is 2. The molecule has 1 amide bonds. The van der Waals surface area contributed by atoms with Gasteiger partial charge in [-0.2, -0.15) is 0 Å². The van der Waals surface area contributed by atoms with Gasteiger partial charge in [0.1, 0.15) is 0 Å². The molecule has 1 aliphatic carbocycles. The lowest BCUT2D eigenvalue weighted by Gasteiger charge is -2.26. The highest BCUT2D eigenvalue weighted by Crippen LogP contribution is 2.29. The van der Waals surface area contributed by atoms with Gasteiger partial charge in [0.25, 0.3) is 5.91 Å². The van der Waals surface area contributed by atoms with E-state index in [0.717, 1.165) is 53.1 Å². The number of fused-ring (bicyclic) bond motifs is 2. The Kier molecular flexibility index (Phi) is 5.29. The maximum absolute atomic E-state index is 12.9. The van der Waals surface area contributed by atoms with Crippen molar-refractivity contribution in [2.45, 2.75) is 38.6 Å². The minimum absolute atomic E-state index is 0.195. The Morgan fingerprint density at radius 2 is 1.50 bits per heavy atom. The van der Waals surface area contributed by atoms with Crippen LogP contribution in [0, 0.1) is 5.92 Å². The summed E-state index contributed by atoms with van der Waals surface area (Å²) >= 11 is 0. The van der Waals surface area contributed by atoms with E-state index < -0.39 is 5.97 Å². The van der Waals surface area contributed by atoms with Crippen LogP contribution in [0.5, 0.6) is 0 Å². The fourth-order valence-corrected chi connectivity index (χ4v) is 4.11. The summed E-state index contributed by atoms with van der Waals surface area (Å²) in [7, 11) is 0. The van der Waals surface area contributed by atoms with E-state index in [2.05, 4.69) is 18.3 Å². The van der Waals surface area contributed by atoms with Gasteiger partial charge < -0.3 is 10.1 Å². The van der Waals surface area contributed by atoms with Gasteiger partial charge in [-0.15, -0.1) is 0 Å². The highest BCUT2D eigenvalue weighted by atomic mass is 16.5. The van der Waals surface area contributed by atoms with E-state index in [-0.39, 0.29) is 18.6 Å². The fourth-order valence-electron chi connectivity index (χ4n) is 4.11. The summed E-state index contributed by atoms with van der Waals surface area (Å²) in [5, 5.41) is 6.65. The summed E-state index contributed by atoms with van der Waals surface area (Å²) in [5.74, 6) is 0.0449. The molecule has 28 heavy (non-hydrogen) atoms. The summed E-state index contributed by atoms with van der Waals surface area (Å²) in [4.78, 5) is 25.2. The molecular weight excluding hydrogens is 350 g/mol. The number of hydrogen-bond donors (Lipinski definition) is 1. The second kappa shape index (κ2) is 8.01. The molecule has 4 heteroatoms. The first-order valence-electron chi connectivity index (χ1n) is 9.99. The van der Waals surface area contributed by atoms with Crippen molar-refractivity contribution in [1.29, 1.82) is 0 Å². The van der Waals surface area contributed by atoms with Gasteiger partial charge in [-0.3, -0.25) is 4.79 Å². The molecule has 1 aliphatic rings. The first kappa shape index (κ1) is 18.5. The molecule has 0 atom stereocenters. The van der Waals surface area contributed by atoms with Crippen molar-refractivity contribution in [3.05, 3.63) is 60.2 Å². The third kappa shape index (κ3) is 3.86. The Morgan fingerprint density at radius 1 is 0.929 bits per heavy atom. The van der Waals surface area contributed by atoms with Gasteiger partial charge >= 0.3 is 5.97 Å². The number of benzene rings is 3. The van der Waals surface area contributed by atoms with Crippen molar-refractivity contribution in [3.8, 4) is 0 Å². The van der Waals surface area contributed by atoms with Crippen LogP contribution in [-0.4, -0.2) is 24.5 Å². The number of esters is 1. The van der Waals surface area contributed by atoms with Crippen molar-refractivity contribution in [1.82, 2.24) is 5.32 Å². The molecule has 0 saturated heterocycles. The predicted octanol–water partition coefficient (Wildman–Crippen LogP) is 4.84. The predicted molar refractivity (Wildman–Crippen MR) is 111 cm³/mol. The molecule has 4 nitrogen and oxygen atoms in total. The van der Waals surface area contributed by atoms with Crippen LogP contribution >= 0.6 is 0 Å². The Morgan fingerprint density at radius 3 is 2.11 bits per heavy atom. The number of nitrogens with one attached hydrogen (secondary N) is 1. The van der Waals surface area contributed by atoms with Crippen molar-refractivity contribution >= 4 is 33.4 Å². The molecule has 0 unspecified atom stereocenters. The van der Waals surface area contributed by atoms with Crippen molar-refractivity contribution in [3.63, 3.8) is 0 Å². The Labute approximate surface area is 164 Å². The molecule has 3 aromatic carbocycles. The quantitative estimate of drug-likeness (QED) is 0.524. The van der Waals surface area contributed by atoms with Gasteiger partial charge in [0.2, 0.25) is 0 Å². The number of hydrogen-bond acceptors (Lipinski definition) is 3. The third-order valence-electron chi connectivity index (χ3n) is 5.69. The molecule has 0 heterocycles. The van der Waals surface area contributed by atoms with Gasteiger partial charge in [0.15, 0.2) is 6.61 Å². The summed E-state index contributed by atoms with van der Waals surface area (Å²) in [6, 6.07) is 17.8. The topological polar surface area (TPSA) is 55.4 Å². The molecule has 0 aromatic heterocycles. The van der Waals surface area contributed by atoms with Crippen molar-refractivity contribution in [2.24, 2.45) is 5.92 Å². The van der Waals surface area contributed by atoms with Crippen molar-refractivity contribution in [2.75, 3.05) is 6.61 Å². The van der Waals surface area contributed by atoms with Crippen LogP contribution in [0.2, 0.25) is 0 Å². The lowest BCUT2D eigenvalue weighted by Crippen LogP contribution is -2.39. The molecule has 0 radical (unpaired) electrons. The highest BCUT2D eigenvalue weighted by molar-refractivity contribution is 6.16. The zero-order valence-electron chi connectivity index (χ0n) is 16.1. The van der Waals surface area contributed by atoms with Crippen LogP contribution in [0.25, 0.3) is 21.5 Å². The summed E-state index contributed by atoms with van der Waals surface area (Å²) in [6.07, 6.45) is 4.25. The van der Waals surface area contributed by atoms with E-state index in [1.54, 1.807) is 0 Å². The van der Waals surface area contributed by atoms with Crippen LogP contribution in [0.4, 0.5) is 0 Å². The highest BCUT2D eigenvalue weighted by Gasteiger charge is 2.21. The van der Waals surface area contributed by atoms with Crippen LogP contribution in [-0.2, 0) is 9.53 Å². The first-order valence-corrected chi connectivity index (χ1v) is 9.99. The smallest absolute Gasteiger partial charge is 0.339 e. The normalized spacial score (nSPS) is 19.5. The molecule has 0 bridgehead atoms. The monoisotopic (exact) mass is 375 g/mol. The molecule has 1 N–H and O–H groups in total. The fraction of sp³-hybridized carbons (Fsp3) is 0.333. The molecule has 0 aliphatic heterocycles. The van der Waals surface area contributed by atoms with Crippen LogP contribution in [0.15, 0.2) is 54.6 Å². The van der Waals surface area contributed by atoms with E-state index in [1.807, 2.05) is 48.5 Å². The maximum Gasteiger partial charge on any atom is 0.339 e. The summed E-state index contributed by atoms with van der Waals surface area (Å²) in [6.45, 7) is 2.00. The molecule has 1 fully saturated rings. The minimum Gasteiger partial charge on any atom is -0.452 e. The number of ether oxygens (including phenoxy) is 1. The zero-order chi connectivity index (χ0) is 19.5. The molecule has 1 saturated carbocycles. The van der Waals surface area contributed by atoms with Gasteiger partial charge in [-0.05, 0) is 59.2 Å². The van der Waals surface area contributed by atoms with E-state index in [1.165, 1.54) is 0 Å². The Bertz CT molecular complexity index is 965. The van der Waals surface area contributed by atoms with Crippen LogP contribution in [0.1, 0.15) is 43.0 Å². The standard InChI is InChI=1S/C24H25NO3/c1-16-10-12-19(13-11-16)25-22(26)15-28-24(27)23-20-8-4-2-6-17(20)14-18-7-3-5-9-21(18)23/h2-9,14,16,19H,10-13,15H2,1H3,(H,25,26). The minimum atomic E-state index is -0.458. The average molecular weight is 375 g/mol. The van der Waals surface area contributed by atoms with Crippen molar-refractivity contribution < 1.29 is 14.3 Å². The van der Waals surface area contributed by atoms with Crippen LogP contribution < -0.4 is 5.32 Å². The Balaban J connectivity index is 1.51. The zero-order valence-corrected chi connectivity index (χ0v) is 16.1. The molecule has 3 aromatic rings. The summed E-state index contributed by atoms with van der Waals surface area (Å²) in [5.41, 5.74) is 0.521. The van der Waals surface area contributed by atoms with E-state index in [4.69, 9.17) is 4.74 Å². The number of rotatable bonds is 4. The Hall–Kier alpha value is -2.88. The number of amides is 1. The SMILES string of the molecule is CC1CCC(NC(=O)COC(=O)c2c3ccccc3cc3ccccc23)CC1. The molecule has 4 rings (SSSR count). The molecular formula is C24H25NO3. The third-order valence-corrected chi connectivity index (χ3v) is 5.69. The maximum atomic E-state index is 12.9. The second-order valence-electron chi connectivity index (χ2n) is 7.79. The molecule has 144 valence electrons. The largest absolute Gasteiger partial charge is 0.452 e. The number of carbonyl (C=O) groups is 2. The van der Waals surface area contributed by atoms with E-state index in [9.17, 15) is 9.59 Å². The first-order chi connectivity index (χ1) is 13.6. The van der Waals surface area contributed by atoms with Gasteiger partial charge in [0, 0.05) is 6.04 Å². The molecule has 0 spiro atoms. The van der Waals surface area contributed by atoms with E-state index >= 15 is 0 Å². The average Bonchev–Trinajstić information content (AvgIpc) is 2.72. The van der Waals surface area contributed by atoms with Gasteiger partial charge in [-0.1, -0.05) is 55.5 Å². The van der Waals surface area contributed by atoms with Gasteiger partial charge in [0.05, 0.1) is 5.56 Å². The second-order valence-corrected chi connectivity index (χ2v) is 7.79. The lowest BCUT2D eigenvalue weighted by molar-refractivity contribution is -0.125. The lowest BCUT2D eigenvalue weighted by atomic mass is 9.87. The van der Waals surface area contributed by atoms with Crippen LogP contribution in [0.3, 0.4) is 0 Å². The van der Waals surface area contributed by atoms with Gasteiger partial charge in [-0.25, -0.2) is 4.79 Å².